The number of amides is 1. The van der Waals surface area contributed by atoms with E-state index < -0.39 is 12.5 Å². The zero-order chi connectivity index (χ0) is 16.8. The normalized spacial score (nSPS) is 11.7. The lowest BCUT2D eigenvalue weighted by molar-refractivity contribution is -0.118. The predicted octanol–water partition coefficient (Wildman–Crippen LogP) is 3.11. The summed E-state index contributed by atoms with van der Waals surface area (Å²) >= 11 is 0. The first-order valence-electron chi connectivity index (χ1n) is 7.45. The number of aliphatic hydroxyl groups is 1. The van der Waals surface area contributed by atoms with Gasteiger partial charge in [-0.05, 0) is 49.2 Å². The van der Waals surface area contributed by atoms with Crippen LogP contribution >= 0.6 is 0 Å². The molecule has 0 radical (unpaired) electrons. The lowest BCUT2D eigenvalue weighted by Crippen LogP contribution is -2.15. The van der Waals surface area contributed by atoms with E-state index in [2.05, 4.69) is 23.6 Å². The Bertz CT molecular complexity index is 686. The molecule has 0 bridgehead atoms. The van der Waals surface area contributed by atoms with Crippen molar-refractivity contribution in [2.24, 2.45) is 0 Å². The van der Waals surface area contributed by atoms with Gasteiger partial charge in [-0.2, -0.15) is 0 Å². The summed E-state index contributed by atoms with van der Waals surface area (Å²) in [5.41, 5.74) is 3.77. The fourth-order valence-electron chi connectivity index (χ4n) is 2.39. The summed E-state index contributed by atoms with van der Waals surface area (Å²) < 4.78 is 5.28. The first-order valence-corrected chi connectivity index (χ1v) is 7.45. The van der Waals surface area contributed by atoms with Gasteiger partial charge in [-0.25, -0.2) is 0 Å². The molecule has 5 nitrogen and oxygen atoms in total. The molecule has 0 unspecified atom stereocenters. The minimum absolute atomic E-state index is 0.100. The second-order valence-corrected chi connectivity index (χ2v) is 5.38. The van der Waals surface area contributed by atoms with Gasteiger partial charge < -0.3 is 20.5 Å². The maximum atomic E-state index is 11.2. The Labute approximate surface area is 136 Å². The van der Waals surface area contributed by atoms with Gasteiger partial charge in [-0.3, -0.25) is 4.79 Å². The number of rotatable bonds is 6. The Kier molecular flexibility index (Phi) is 5.60. The van der Waals surface area contributed by atoms with Crippen molar-refractivity contribution in [1.82, 2.24) is 0 Å². The van der Waals surface area contributed by atoms with Crippen LogP contribution in [0.25, 0.3) is 0 Å². The highest BCUT2D eigenvalue weighted by molar-refractivity contribution is 5.91. The quantitative estimate of drug-likeness (QED) is 0.766. The minimum atomic E-state index is -0.529. The predicted molar refractivity (Wildman–Crippen MR) is 91.9 cm³/mol. The van der Waals surface area contributed by atoms with Crippen LogP contribution in [0.2, 0.25) is 0 Å². The maximum Gasteiger partial charge on any atom is 0.250 e. The van der Waals surface area contributed by atoms with E-state index in [0.29, 0.717) is 5.69 Å². The molecule has 122 valence electrons. The number of ether oxygens (including phenoxy) is 1. The van der Waals surface area contributed by atoms with E-state index in [4.69, 9.17) is 9.84 Å². The standard InChI is InChI=1S/C18H22N2O3/c1-12-9-14(7-8-17(12)23-3)13(2)19-15-5-4-6-16(10-15)20-18(22)11-21/h4-10,13,19,21H,11H2,1-3H3,(H,20,22)/t13-/m1/s1. The van der Waals surface area contributed by atoms with Crippen molar-refractivity contribution < 1.29 is 14.6 Å². The molecule has 0 aliphatic rings. The van der Waals surface area contributed by atoms with Gasteiger partial charge >= 0.3 is 0 Å². The Hall–Kier alpha value is -2.53. The molecule has 0 aliphatic heterocycles. The van der Waals surface area contributed by atoms with Gasteiger partial charge in [0.05, 0.1) is 7.11 Å². The van der Waals surface area contributed by atoms with Gasteiger partial charge in [0.15, 0.2) is 0 Å². The zero-order valence-electron chi connectivity index (χ0n) is 13.6. The SMILES string of the molecule is COc1ccc([C@@H](C)Nc2cccc(NC(=O)CO)c2)cc1C. The van der Waals surface area contributed by atoms with Crippen LogP contribution < -0.4 is 15.4 Å². The van der Waals surface area contributed by atoms with E-state index in [1.165, 1.54) is 0 Å². The lowest BCUT2D eigenvalue weighted by Gasteiger charge is -2.18. The first kappa shape index (κ1) is 16.8. The molecule has 1 amide bonds. The number of aryl methyl sites for hydroxylation is 1. The summed E-state index contributed by atoms with van der Waals surface area (Å²) in [6.45, 7) is 3.56. The average Bonchev–Trinajstić information content (AvgIpc) is 2.54. The third-order valence-electron chi connectivity index (χ3n) is 3.59. The van der Waals surface area contributed by atoms with Crippen LogP contribution in [-0.4, -0.2) is 24.7 Å². The highest BCUT2D eigenvalue weighted by Crippen LogP contribution is 2.25. The Morgan fingerprint density at radius 3 is 2.61 bits per heavy atom. The number of hydrogen-bond acceptors (Lipinski definition) is 4. The molecule has 2 aromatic rings. The van der Waals surface area contributed by atoms with E-state index in [1.54, 1.807) is 13.2 Å². The van der Waals surface area contributed by atoms with Gasteiger partial charge in [0, 0.05) is 17.4 Å². The second kappa shape index (κ2) is 7.65. The number of hydrogen-bond donors (Lipinski definition) is 3. The summed E-state index contributed by atoms with van der Waals surface area (Å²) in [6, 6.07) is 13.6. The van der Waals surface area contributed by atoms with E-state index in [9.17, 15) is 4.79 Å². The molecule has 0 aliphatic carbocycles. The summed E-state index contributed by atoms with van der Waals surface area (Å²) in [7, 11) is 1.66. The smallest absolute Gasteiger partial charge is 0.250 e. The topological polar surface area (TPSA) is 70.6 Å². The van der Waals surface area contributed by atoms with Gasteiger partial charge in [0.1, 0.15) is 12.4 Å². The number of aliphatic hydroxyl groups excluding tert-OH is 1. The van der Waals surface area contributed by atoms with Crippen molar-refractivity contribution >= 4 is 17.3 Å². The van der Waals surface area contributed by atoms with Crippen molar-refractivity contribution in [3.8, 4) is 5.75 Å². The number of nitrogens with one attached hydrogen (secondary N) is 2. The number of methoxy groups -OCH3 is 1. The molecule has 23 heavy (non-hydrogen) atoms. The molecule has 3 N–H and O–H groups in total. The molecule has 0 heterocycles. The van der Waals surface area contributed by atoms with Crippen molar-refractivity contribution in [2.75, 3.05) is 24.4 Å². The van der Waals surface area contributed by atoms with Crippen LogP contribution in [0.15, 0.2) is 42.5 Å². The third kappa shape index (κ3) is 4.47. The molecule has 2 rings (SSSR count). The average molecular weight is 314 g/mol. The van der Waals surface area contributed by atoms with Crippen LogP contribution in [0.1, 0.15) is 24.1 Å². The maximum absolute atomic E-state index is 11.2. The van der Waals surface area contributed by atoms with Crippen LogP contribution in [0.4, 0.5) is 11.4 Å². The minimum Gasteiger partial charge on any atom is -0.496 e. The molecule has 0 spiro atoms. The van der Waals surface area contributed by atoms with Crippen molar-refractivity contribution in [3.05, 3.63) is 53.6 Å². The summed E-state index contributed by atoms with van der Waals surface area (Å²) in [5, 5.41) is 14.8. The molecular weight excluding hydrogens is 292 g/mol. The second-order valence-electron chi connectivity index (χ2n) is 5.38. The molecule has 1 atom stereocenters. The Morgan fingerprint density at radius 2 is 1.96 bits per heavy atom. The third-order valence-corrected chi connectivity index (χ3v) is 3.59. The number of carbonyl (C=O) groups excluding carboxylic acids is 1. The number of carbonyl (C=O) groups is 1. The molecular formula is C18H22N2O3. The van der Waals surface area contributed by atoms with Crippen LogP contribution in [0.5, 0.6) is 5.75 Å². The van der Waals surface area contributed by atoms with E-state index in [-0.39, 0.29) is 6.04 Å². The molecule has 5 heteroatoms. The summed E-state index contributed by atoms with van der Waals surface area (Å²) in [5.74, 6) is 0.440. The van der Waals surface area contributed by atoms with E-state index in [1.807, 2.05) is 37.3 Å². The zero-order valence-corrected chi connectivity index (χ0v) is 13.6. The van der Waals surface area contributed by atoms with Crippen LogP contribution in [0, 0.1) is 6.92 Å². The highest BCUT2D eigenvalue weighted by Gasteiger charge is 2.08. The largest absolute Gasteiger partial charge is 0.496 e. The lowest BCUT2D eigenvalue weighted by atomic mass is 10.0. The summed E-state index contributed by atoms with van der Waals surface area (Å²) in [4.78, 5) is 11.2. The fourth-order valence-corrected chi connectivity index (χ4v) is 2.39. The monoisotopic (exact) mass is 314 g/mol. The van der Waals surface area contributed by atoms with Gasteiger partial charge in [0.2, 0.25) is 5.91 Å². The molecule has 0 fully saturated rings. The van der Waals surface area contributed by atoms with Gasteiger partial charge in [-0.1, -0.05) is 18.2 Å². The van der Waals surface area contributed by atoms with Crippen LogP contribution in [0.3, 0.4) is 0 Å². The van der Waals surface area contributed by atoms with Crippen LogP contribution in [-0.2, 0) is 4.79 Å². The van der Waals surface area contributed by atoms with E-state index >= 15 is 0 Å². The molecule has 0 saturated carbocycles. The first-order chi connectivity index (χ1) is 11.0. The highest BCUT2D eigenvalue weighted by atomic mass is 16.5. The Morgan fingerprint density at radius 1 is 1.22 bits per heavy atom. The Balaban J connectivity index is 2.10. The fraction of sp³-hybridized carbons (Fsp3) is 0.278. The molecule has 0 saturated heterocycles. The van der Waals surface area contributed by atoms with Crippen molar-refractivity contribution in [3.63, 3.8) is 0 Å². The summed E-state index contributed by atoms with van der Waals surface area (Å²) in [6.07, 6.45) is 0. The van der Waals surface area contributed by atoms with Gasteiger partial charge in [-0.15, -0.1) is 0 Å². The van der Waals surface area contributed by atoms with Crippen molar-refractivity contribution in [2.45, 2.75) is 19.9 Å². The molecule has 2 aromatic carbocycles. The van der Waals surface area contributed by atoms with Crippen molar-refractivity contribution in [1.29, 1.82) is 0 Å². The van der Waals surface area contributed by atoms with Gasteiger partial charge in [0.25, 0.3) is 0 Å². The molecule has 0 aromatic heterocycles. The number of benzene rings is 2. The van der Waals surface area contributed by atoms with E-state index in [0.717, 1.165) is 22.6 Å². The number of anilines is 2.